The van der Waals surface area contributed by atoms with Gasteiger partial charge in [0.2, 0.25) is 0 Å². The highest BCUT2D eigenvalue weighted by molar-refractivity contribution is 5.95. The van der Waals surface area contributed by atoms with Crippen LogP contribution in [0, 0.1) is 5.82 Å². The van der Waals surface area contributed by atoms with Crippen molar-refractivity contribution in [3.8, 4) is 0 Å². The van der Waals surface area contributed by atoms with E-state index in [9.17, 15) is 9.18 Å². The van der Waals surface area contributed by atoms with Gasteiger partial charge in [0.15, 0.2) is 5.78 Å². The van der Waals surface area contributed by atoms with Crippen LogP contribution in [0.25, 0.3) is 6.08 Å². The maximum atomic E-state index is 12.9. The number of nitrogens with two attached hydrogens (primary N) is 1. The predicted octanol–water partition coefficient (Wildman–Crippen LogP) is 1.99. The minimum atomic E-state index is -1.06. The first-order chi connectivity index (χ1) is 7.08. The fourth-order valence-corrected chi connectivity index (χ4v) is 1.89. The molecule has 1 aromatic carbocycles. The molecule has 0 unspecified atom stereocenters. The summed E-state index contributed by atoms with van der Waals surface area (Å²) < 4.78 is 12.9. The van der Waals surface area contributed by atoms with Crippen molar-refractivity contribution in [2.45, 2.75) is 18.9 Å². The molecule has 3 heteroatoms. The minimum absolute atomic E-state index is 0.0518. The fraction of sp³-hybridized carbons (Fsp3) is 0.250. The zero-order chi connectivity index (χ0) is 11.1. The Bertz CT molecular complexity index is 453. The van der Waals surface area contributed by atoms with E-state index < -0.39 is 5.54 Å². The van der Waals surface area contributed by atoms with Gasteiger partial charge in [0.05, 0.1) is 0 Å². The molecule has 0 heterocycles. The summed E-state index contributed by atoms with van der Waals surface area (Å²) >= 11 is 0. The first kappa shape index (κ1) is 10.1. The number of halogens is 1. The standard InChI is InChI=1S/C12H12FNO/c1-2-11(15)12(14)6-5-8-7-9(13)3-4-10(8)12/h3-7H,2,14H2,1H3/t12-/m1/s1. The van der Waals surface area contributed by atoms with Crippen LogP contribution in [-0.2, 0) is 10.3 Å². The summed E-state index contributed by atoms with van der Waals surface area (Å²) in [5.74, 6) is -0.365. The highest BCUT2D eigenvalue weighted by Gasteiger charge is 2.36. The SMILES string of the molecule is CCC(=O)[C@@]1(N)C=Cc2cc(F)ccc21. The van der Waals surface area contributed by atoms with Crippen LogP contribution in [0.1, 0.15) is 24.5 Å². The molecule has 0 spiro atoms. The Hall–Kier alpha value is -1.48. The molecule has 0 aliphatic heterocycles. The van der Waals surface area contributed by atoms with Crippen LogP contribution in [-0.4, -0.2) is 5.78 Å². The molecule has 0 saturated heterocycles. The van der Waals surface area contributed by atoms with Crippen LogP contribution in [0.5, 0.6) is 0 Å². The van der Waals surface area contributed by atoms with Gasteiger partial charge in [-0.25, -0.2) is 4.39 Å². The second-order valence-corrected chi connectivity index (χ2v) is 3.71. The van der Waals surface area contributed by atoms with Gasteiger partial charge in [-0.15, -0.1) is 0 Å². The van der Waals surface area contributed by atoms with Gasteiger partial charge in [0, 0.05) is 6.42 Å². The van der Waals surface area contributed by atoms with E-state index in [0.717, 1.165) is 0 Å². The lowest BCUT2D eigenvalue weighted by molar-refractivity contribution is -0.122. The second-order valence-electron chi connectivity index (χ2n) is 3.71. The van der Waals surface area contributed by atoms with Gasteiger partial charge in [-0.1, -0.05) is 25.1 Å². The van der Waals surface area contributed by atoms with Gasteiger partial charge < -0.3 is 5.73 Å². The van der Waals surface area contributed by atoms with Gasteiger partial charge in [0.25, 0.3) is 0 Å². The maximum absolute atomic E-state index is 12.9. The molecule has 0 saturated carbocycles. The van der Waals surface area contributed by atoms with E-state index in [4.69, 9.17) is 5.73 Å². The van der Waals surface area contributed by atoms with E-state index >= 15 is 0 Å². The molecular formula is C12H12FNO. The smallest absolute Gasteiger partial charge is 0.160 e. The summed E-state index contributed by atoms with van der Waals surface area (Å²) in [5.41, 5.74) is 6.34. The highest BCUT2D eigenvalue weighted by Crippen LogP contribution is 2.33. The van der Waals surface area contributed by atoms with Crippen molar-refractivity contribution < 1.29 is 9.18 Å². The number of carbonyl (C=O) groups is 1. The van der Waals surface area contributed by atoms with E-state index in [1.807, 2.05) is 0 Å². The van der Waals surface area contributed by atoms with E-state index in [2.05, 4.69) is 0 Å². The van der Waals surface area contributed by atoms with E-state index in [1.165, 1.54) is 12.1 Å². The molecule has 2 N–H and O–H groups in total. The Balaban J connectivity index is 2.53. The molecular weight excluding hydrogens is 193 g/mol. The zero-order valence-corrected chi connectivity index (χ0v) is 8.46. The first-order valence-corrected chi connectivity index (χ1v) is 4.89. The molecule has 1 aromatic rings. The number of hydrogen-bond donors (Lipinski definition) is 1. The Morgan fingerprint density at radius 2 is 2.27 bits per heavy atom. The summed E-state index contributed by atoms with van der Waals surface area (Å²) in [6.07, 6.45) is 3.71. The number of ketones is 1. The van der Waals surface area contributed by atoms with Gasteiger partial charge in [0.1, 0.15) is 11.4 Å². The van der Waals surface area contributed by atoms with Crippen LogP contribution in [0.15, 0.2) is 24.3 Å². The number of fused-ring (bicyclic) bond motifs is 1. The molecule has 1 atom stereocenters. The van der Waals surface area contributed by atoms with Crippen molar-refractivity contribution >= 4 is 11.9 Å². The van der Waals surface area contributed by atoms with Gasteiger partial charge in [-0.3, -0.25) is 4.79 Å². The van der Waals surface area contributed by atoms with E-state index in [0.29, 0.717) is 17.5 Å². The predicted molar refractivity (Wildman–Crippen MR) is 56.6 cm³/mol. The van der Waals surface area contributed by atoms with Crippen molar-refractivity contribution in [3.63, 3.8) is 0 Å². The van der Waals surface area contributed by atoms with Crippen LogP contribution in [0.4, 0.5) is 4.39 Å². The molecule has 0 radical (unpaired) electrons. The second kappa shape index (κ2) is 3.28. The lowest BCUT2D eigenvalue weighted by Gasteiger charge is -2.21. The van der Waals surface area contributed by atoms with E-state index in [1.54, 1.807) is 25.1 Å². The van der Waals surface area contributed by atoms with Gasteiger partial charge >= 0.3 is 0 Å². The van der Waals surface area contributed by atoms with Crippen molar-refractivity contribution in [1.82, 2.24) is 0 Å². The maximum Gasteiger partial charge on any atom is 0.160 e. The third-order valence-corrected chi connectivity index (χ3v) is 2.77. The Kier molecular flexibility index (Phi) is 2.20. The Morgan fingerprint density at radius 3 is 2.93 bits per heavy atom. The molecule has 0 fully saturated rings. The van der Waals surface area contributed by atoms with Crippen molar-refractivity contribution in [1.29, 1.82) is 0 Å². The van der Waals surface area contributed by atoms with Gasteiger partial charge in [-0.05, 0) is 23.3 Å². The number of Topliss-reactive ketones (excluding diaryl/α,β-unsaturated/α-hetero) is 1. The van der Waals surface area contributed by atoms with Crippen LogP contribution in [0.3, 0.4) is 0 Å². The average molecular weight is 205 g/mol. The third-order valence-electron chi connectivity index (χ3n) is 2.77. The lowest BCUT2D eigenvalue weighted by atomic mass is 9.87. The molecule has 0 amide bonds. The van der Waals surface area contributed by atoms with Crippen LogP contribution >= 0.6 is 0 Å². The van der Waals surface area contributed by atoms with Crippen molar-refractivity contribution in [3.05, 3.63) is 41.2 Å². The quantitative estimate of drug-likeness (QED) is 0.802. The summed E-state index contributed by atoms with van der Waals surface area (Å²) in [6, 6.07) is 4.30. The van der Waals surface area contributed by atoms with Crippen LogP contribution in [0.2, 0.25) is 0 Å². The number of benzene rings is 1. The highest BCUT2D eigenvalue weighted by atomic mass is 19.1. The number of carbonyl (C=O) groups excluding carboxylic acids is 1. The van der Waals surface area contributed by atoms with Crippen molar-refractivity contribution in [2.24, 2.45) is 5.73 Å². The molecule has 78 valence electrons. The number of hydrogen-bond acceptors (Lipinski definition) is 2. The summed E-state index contributed by atoms with van der Waals surface area (Å²) in [6.45, 7) is 1.77. The molecule has 1 aliphatic rings. The van der Waals surface area contributed by atoms with E-state index in [-0.39, 0.29) is 11.6 Å². The molecule has 15 heavy (non-hydrogen) atoms. The van der Waals surface area contributed by atoms with Crippen LogP contribution < -0.4 is 5.73 Å². The monoisotopic (exact) mass is 205 g/mol. The molecule has 1 aliphatic carbocycles. The Morgan fingerprint density at radius 1 is 1.53 bits per heavy atom. The molecule has 0 bridgehead atoms. The molecule has 2 nitrogen and oxygen atoms in total. The Labute approximate surface area is 87.6 Å². The topological polar surface area (TPSA) is 43.1 Å². The molecule has 0 aromatic heterocycles. The third kappa shape index (κ3) is 1.39. The van der Waals surface area contributed by atoms with Gasteiger partial charge in [-0.2, -0.15) is 0 Å². The lowest BCUT2D eigenvalue weighted by Crippen LogP contribution is -2.41. The summed E-state index contributed by atoms with van der Waals surface area (Å²) in [4.78, 5) is 11.7. The summed E-state index contributed by atoms with van der Waals surface area (Å²) in [7, 11) is 0. The minimum Gasteiger partial charge on any atom is -0.312 e. The average Bonchev–Trinajstić information content (AvgIpc) is 2.56. The fourth-order valence-electron chi connectivity index (χ4n) is 1.89. The first-order valence-electron chi connectivity index (χ1n) is 4.89. The van der Waals surface area contributed by atoms with Crippen molar-refractivity contribution in [2.75, 3.05) is 0 Å². The largest absolute Gasteiger partial charge is 0.312 e. The number of rotatable bonds is 2. The normalized spacial score (nSPS) is 22.9. The zero-order valence-electron chi connectivity index (χ0n) is 8.46. The summed E-state index contributed by atoms with van der Waals surface area (Å²) in [5, 5.41) is 0. The molecule has 2 rings (SSSR count).